The summed E-state index contributed by atoms with van der Waals surface area (Å²) in [5, 5.41) is 0. The van der Waals surface area contributed by atoms with Gasteiger partial charge in [-0.15, -0.1) is 0 Å². The minimum atomic E-state index is -0.893. The summed E-state index contributed by atoms with van der Waals surface area (Å²) < 4.78 is 46.7. The first-order valence-corrected chi connectivity index (χ1v) is 6.61. The lowest BCUT2D eigenvalue weighted by atomic mass is 10.1. The van der Waals surface area contributed by atoms with Crippen LogP contribution < -0.4 is 10.5 Å². The van der Waals surface area contributed by atoms with E-state index in [1.54, 1.807) is 0 Å². The van der Waals surface area contributed by atoms with Gasteiger partial charge in [0.2, 0.25) is 0 Å². The van der Waals surface area contributed by atoms with Gasteiger partial charge in [0.25, 0.3) is 0 Å². The summed E-state index contributed by atoms with van der Waals surface area (Å²) in [6.07, 6.45) is 0.348. The van der Waals surface area contributed by atoms with Crippen LogP contribution in [0.4, 0.5) is 13.2 Å². The molecule has 2 rings (SSSR count). The fraction of sp³-hybridized carbons (Fsp3) is 0.143. The van der Waals surface area contributed by atoms with Crippen molar-refractivity contribution in [1.29, 1.82) is 0 Å². The van der Waals surface area contributed by atoms with Crippen LogP contribution in [-0.2, 0) is 6.42 Å². The molecule has 0 saturated heterocycles. The predicted molar refractivity (Wildman–Crippen MR) is 73.3 cm³/mol. The summed E-state index contributed by atoms with van der Waals surface area (Å²) in [6, 6.07) is 6.20. The first-order chi connectivity index (χ1) is 9.51. The molecule has 0 aliphatic heterocycles. The van der Waals surface area contributed by atoms with Gasteiger partial charge in [0.1, 0.15) is 0 Å². The lowest BCUT2D eigenvalue weighted by molar-refractivity contribution is 0.386. The van der Waals surface area contributed by atoms with Crippen LogP contribution >= 0.6 is 15.9 Å². The number of nitrogens with two attached hydrogens (primary N) is 1. The molecule has 0 aromatic heterocycles. The zero-order valence-corrected chi connectivity index (χ0v) is 11.9. The lowest BCUT2D eigenvalue weighted by Gasteiger charge is -2.10. The van der Waals surface area contributed by atoms with Crippen LogP contribution in [0.1, 0.15) is 5.56 Å². The van der Waals surface area contributed by atoms with Gasteiger partial charge in [-0.25, -0.2) is 13.2 Å². The van der Waals surface area contributed by atoms with E-state index in [4.69, 9.17) is 10.5 Å². The Hall–Kier alpha value is -1.53. The second-order valence-corrected chi connectivity index (χ2v) is 5.02. The Morgan fingerprint density at radius 1 is 1.00 bits per heavy atom. The highest BCUT2D eigenvalue weighted by Gasteiger charge is 2.15. The molecule has 0 aliphatic carbocycles. The highest BCUT2D eigenvalue weighted by molar-refractivity contribution is 9.10. The van der Waals surface area contributed by atoms with Crippen molar-refractivity contribution in [2.45, 2.75) is 6.42 Å². The third-order valence-electron chi connectivity index (χ3n) is 2.60. The van der Waals surface area contributed by atoms with E-state index in [2.05, 4.69) is 15.9 Å². The molecule has 2 aromatic carbocycles. The largest absolute Gasteiger partial charge is 0.448 e. The first kappa shape index (κ1) is 14.9. The molecule has 0 amide bonds. The average Bonchev–Trinajstić information content (AvgIpc) is 2.36. The van der Waals surface area contributed by atoms with E-state index in [0.29, 0.717) is 16.5 Å². The average molecular weight is 346 g/mol. The molecule has 0 heterocycles. The second kappa shape index (κ2) is 6.28. The van der Waals surface area contributed by atoms with Gasteiger partial charge in [0, 0.05) is 4.47 Å². The van der Waals surface area contributed by atoms with Crippen molar-refractivity contribution in [2.75, 3.05) is 6.54 Å². The zero-order chi connectivity index (χ0) is 14.7. The number of halogens is 4. The zero-order valence-electron chi connectivity index (χ0n) is 10.3. The van der Waals surface area contributed by atoms with Crippen LogP contribution in [0.25, 0.3) is 0 Å². The Balaban J connectivity index is 2.33. The van der Waals surface area contributed by atoms with Crippen molar-refractivity contribution >= 4 is 15.9 Å². The molecule has 0 atom stereocenters. The van der Waals surface area contributed by atoms with E-state index in [-0.39, 0.29) is 12.3 Å². The van der Waals surface area contributed by atoms with Gasteiger partial charge in [0.15, 0.2) is 29.0 Å². The van der Waals surface area contributed by atoms with Gasteiger partial charge >= 0.3 is 0 Å². The molecule has 0 aliphatic rings. The third-order valence-corrected chi connectivity index (χ3v) is 3.09. The topological polar surface area (TPSA) is 35.2 Å². The Kier molecular flexibility index (Phi) is 4.67. The minimum Gasteiger partial charge on any atom is -0.448 e. The normalized spacial score (nSPS) is 10.7. The summed E-state index contributed by atoms with van der Waals surface area (Å²) in [6.45, 7) is 0.278. The maximum absolute atomic E-state index is 13.8. The standard InChI is InChI=1S/C14H11BrF3NO/c15-9-1-2-13(10(16)7-9)20-14-11(17)5-8(3-4-19)6-12(14)18/h1-2,5-7H,3-4,19H2. The molecule has 2 aromatic rings. The number of rotatable bonds is 4. The predicted octanol–water partition coefficient (Wildman–Crippen LogP) is 4.16. The Morgan fingerprint density at radius 2 is 1.65 bits per heavy atom. The number of hydrogen-bond acceptors (Lipinski definition) is 2. The van der Waals surface area contributed by atoms with E-state index in [0.717, 1.165) is 18.2 Å². The van der Waals surface area contributed by atoms with Gasteiger partial charge < -0.3 is 10.5 Å². The van der Waals surface area contributed by atoms with Gasteiger partial charge in [-0.05, 0) is 48.9 Å². The third kappa shape index (κ3) is 3.32. The van der Waals surface area contributed by atoms with E-state index < -0.39 is 23.2 Å². The van der Waals surface area contributed by atoms with Gasteiger partial charge in [-0.3, -0.25) is 0 Å². The smallest absolute Gasteiger partial charge is 0.198 e. The maximum atomic E-state index is 13.8. The number of benzene rings is 2. The van der Waals surface area contributed by atoms with Crippen molar-refractivity contribution in [3.63, 3.8) is 0 Å². The van der Waals surface area contributed by atoms with Crippen LogP contribution in [0.3, 0.4) is 0 Å². The summed E-state index contributed by atoms with van der Waals surface area (Å²) in [4.78, 5) is 0. The molecule has 0 saturated carbocycles. The Labute approximate surface area is 122 Å². The van der Waals surface area contributed by atoms with Crippen LogP contribution in [0.5, 0.6) is 11.5 Å². The van der Waals surface area contributed by atoms with Crippen molar-refractivity contribution in [1.82, 2.24) is 0 Å². The van der Waals surface area contributed by atoms with Crippen molar-refractivity contribution in [2.24, 2.45) is 5.73 Å². The molecule has 6 heteroatoms. The summed E-state index contributed by atoms with van der Waals surface area (Å²) in [5.41, 5.74) is 5.75. The molecule has 20 heavy (non-hydrogen) atoms. The number of ether oxygens (including phenoxy) is 1. The molecule has 0 unspecified atom stereocenters. The van der Waals surface area contributed by atoms with E-state index in [1.165, 1.54) is 12.1 Å². The Morgan fingerprint density at radius 3 is 2.20 bits per heavy atom. The minimum absolute atomic E-state index is 0.252. The van der Waals surface area contributed by atoms with E-state index in [9.17, 15) is 13.2 Å². The summed E-state index contributed by atoms with van der Waals surface area (Å²) >= 11 is 3.08. The van der Waals surface area contributed by atoms with Crippen molar-refractivity contribution in [3.8, 4) is 11.5 Å². The van der Waals surface area contributed by atoms with Crippen LogP contribution in [0, 0.1) is 17.5 Å². The van der Waals surface area contributed by atoms with Gasteiger partial charge in [-0.1, -0.05) is 15.9 Å². The fourth-order valence-electron chi connectivity index (χ4n) is 1.69. The molecule has 0 radical (unpaired) electrons. The maximum Gasteiger partial charge on any atom is 0.198 e. The van der Waals surface area contributed by atoms with Crippen molar-refractivity contribution < 1.29 is 17.9 Å². The van der Waals surface area contributed by atoms with E-state index >= 15 is 0 Å². The highest BCUT2D eigenvalue weighted by atomic mass is 79.9. The molecular formula is C14H11BrF3NO. The van der Waals surface area contributed by atoms with Crippen LogP contribution in [0.15, 0.2) is 34.8 Å². The number of hydrogen-bond donors (Lipinski definition) is 1. The fourth-order valence-corrected chi connectivity index (χ4v) is 2.02. The molecular weight excluding hydrogens is 335 g/mol. The molecule has 0 spiro atoms. The van der Waals surface area contributed by atoms with Crippen LogP contribution in [-0.4, -0.2) is 6.54 Å². The summed E-state index contributed by atoms with van der Waals surface area (Å²) in [7, 11) is 0. The van der Waals surface area contributed by atoms with Gasteiger partial charge in [0.05, 0.1) is 0 Å². The molecule has 2 N–H and O–H groups in total. The first-order valence-electron chi connectivity index (χ1n) is 5.82. The molecule has 106 valence electrons. The Bertz CT molecular complexity index is 611. The molecule has 2 nitrogen and oxygen atoms in total. The quantitative estimate of drug-likeness (QED) is 0.902. The summed E-state index contributed by atoms with van der Waals surface area (Å²) in [5.74, 6) is -3.39. The SMILES string of the molecule is NCCc1cc(F)c(Oc2ccc(Br)cc2F)c(F)c1. The monoisotopic (exact) mass is 345 g/mol. The lowest BCUT2D eigenvalue weighted by Crippen LogP contribution is -2.04. The van der Waals surface area contributed by atoms with Crippen LogP contribution in [0.2, 0.25) is 0 Å². The highest BCUT2D eigenvalue weighted by Crippen LogP contribution is 2.31. The van der Waals surface area contributed by atoms with E-state index in [1.807, 2.05) is 0 Å². The molecule has 0 fully saturated rings. The van der Waals surface area contributed by atoms with Crippen molar-refractivity contribution in [3.05, 3.63) is 57.8 Å². The van der Waals surface area contributed by atoms with Gasteiger partial charge in [-0.2, -0.15) is 0 Å². The molecule has 0 bridgehead atoms. The second-order valence-electron chi connectivity index (χ2n) is 4.10.